The predicted molar refractivity (Wildman–Crippen MR) is 85.8 cm³/mol. The van der Waals surface area contributed by atoms with Crippen molar-refractivity contribution in [3.05, 3.63) is 18.0 Å². The van der Waals surface area contributed by atoms with Gasteiger partial charge in [0.25, 0.3) is 0 Å². The summed E-state index contributed by atoms with van der Waals surface area (Å²) in [5.41, 5.74) is 7.28. The number of hydrogen-bond donors (Lipinski definition) is 1. The number of nitrogens with two attached hydrogens (primary N) is 1. The Balaban J connectivity index is 2.14. The topological polar surface area (TPSA) is 53.1 Å². The highest BCUT2D eigenvalue weighted by atomic mass is 16.5. The maximum atomic E-state index is 6.52. The van der Waals surface area contributed by atoms with Crippen molar-refractivity contribution in [2.45, 2.75) is 65.2 Å². The molecule has 0 spiro atoms. The van der Waals surface area contributed by atoms with E-state index in [1.54, 1.807) is 0 Å². The normalized spacial score (nSPS) is 29.6. The lowest BCUT2D eigenvalue weighted by Crippen LogP contribution is -2.38. The second-order valence-electron chi connectivity index (χ2n) is 7.23. The van der Waals surface area contributed by atoms with Crippen molar-refractivity contribution in [3.63, 3.8) is 0 Å². The zero-order valence-corrected chi connectivity index (χ0v) is 14.1. The van der Waals surface area contributed by atoms with E-state index in [0.717, 1.165) is 17.9 Å². The SMILES string of the molecule is CC1CCC(C(C)C)C(OC(c2cnn(C)c2)C(C)N)C1. The molecule has 21 heavy (non-hydrogen) atoms. The molecule has 0 saturated heterocycles. The molecule has 4 heteroatoms. The summed E-state index contributed by atoms with van der Waals surface area (Å²) in [6, 6.07) is -0.0285. The first-order chi connectivity index (χ1) is 9.88. The number of rotatable bonds is 5. The molecule has 0 aromatic carbocycles. The van der Waals surface area contributed by atoms with Crippen LogP contribution in [0.5, 0.6) is 0 Å². The third-order valence-corrected chi connectivity index (χ3v) is 4.81. The number of nitrogens with zero attached hydrogens (tertiary/aromatic N) is 2. The van der Waals surface area contributed by atoms with E-state index in [1.807, 2.05) is 31.0 Å². The van der Waals surface area contributed by atoms with Gasteiger partial charge in [0, 0.05) is 24.8 Å². The number of hydrogen-bond acceptors (Lipinski definition) is 3. The van der Waals surface area contributed by atoms with E-state index in [2.05, 4.69) is 25.9 Å². The lowest BCUT2D eigenvalue weighted by Gasteiger charge is -2.39. The van der Waals surface area contributed by atoms with Gasteiger partial charge < -0.3 is 10.5 Å². The van der Waals surface area contributed by atoms with Crippen LogP contribution in [0.3, 0.4) is 0 Å². The first-order valence-corrected chi connectivity index (χ1v) is 8.28. The van der Waals surface area contributed by atoms with Gasteiger partial charge in [-0.05, 0) is 37.5 Å². The summed E-state index contributed by atoms with van der Waals surface area (Å²) in [4.78, 5) is 0. The van der Waals surface area contributed by atoms with E-state index >= 15 is 0 Å². The van der Waals surface area contributed by atoms with Crippen molar-refractivity contribution in [1.29, 1.82) is 0 Å². The molecule has 5 atom stereocenters. The molecule has 1 heterocycles. The number of ether oxygens (including phenoxy) is 1. The van der Waals surface area contributed by atoms with Gasteiger partial charge >= 0.3 is 0 Å². The fourth-order valence-electron chi connectivity index (χ4n) is 3.55. The largest absolute Gasteiger partial charge is 0.368 e. The summed E-state index contributed by atoms with van der Waals surface area (Å²) in [5.74, 6) is 2.04. The van der Waals surface area contributed by atoms with Crippen molar-refractivity contribution in [2.24, 2.45) is 30.5 Å². The second-order valence-corrected chi connectivity index (χ2v) is 7.23. The molecular weight excluding hydrogens is 262 g/mol. The Bertz CT molecular complexity index is 441. The average molecular weight is 293 g/mol. The molecule has 1 aromatic heterocycles. The Kier molecular flexibility index (Phi) is 5.44. The van der Waals surface area contributed by atoms with Crippen LogP contribution in [0.4, 0.5) is 0 Å². The lowest BCUT2D eigenvalue weighted by molar-refractivity contribution is -0.0884. The molecule has 0 aliphatic heterocycles. The van der Waals surface area contributed by atoms with Crippen LogP contribution in [0, 0.1) is 17.8 Å². The standard InChI is InChI=1S/C17H31N3O/c1-11(2)15-7-6-12(3)8-16(15)21-17(13(4)18)14-9-19-20(5)10-14/h9-13,15-17H,6-8,18H2,1-5H3. The summed E-state index contributed by atoms with van der Waals surface area (Å²) >= 11 is 0. The van der Waals surface area contributed by atoms with Crippen LogP contribution in [-0.2, 0) is 11.8 Å². The van der Waals surface area contributed by atoms with Crippen molar-refractivity contribution in [2.75, 3.05) is 0 Å². The van der Waals surface area contributed by atoms with Gasteiger partial charge in [0.1, 0.15) is 6.10 Å². The minimum absolute atomic E-state index is 0.0285. The van der Waals surface area contributed by atoms with Crippen LogP contribution in [-0.4, -0.2) is 21.9 Å². The molecule has 4 nitrogen and oxygen atoms in total. The van der Waals surface area contributed by atoms with E-state index in [0.29, 0.717) is 17.9 Å². The fourth-order valence-corrected chi connectivity index (χ4v) is 3.55. The molecule has 120 valence electrons. The average Bonchev–Trinajstić information content (AvgIpc) is 2.81. The Labute approximate surface area is 129 Å². The first-order valence-electron chi connectivity index (χ1n) is 8.28. The highest BCUT2D eigenvalue weighted by molar-refractivity contribution is 5.10. The van der Waals surface area contributed by atoms with Gasteiger partial charge in [-0.1, -0.05) is 27.2 Å². The van der Waals surface area contributed by atoms with Gasteiger partial charge in [0.2, 0.25) is 0 Å². The number of aryl methyl sites for hydroxylation is 1. The fraction of sp³-hybridized carbons (Fsp3) is 0.824. The van der Waals surface area contributed by atoms with Crippen LogP contribution in [0.25, 0.3) is 0 Å². The van der Waals surface area contributed by atoms with Gasteiger partial charge in [0.05, 0.1) is 12.3 Å². The Morgan fingerprint density at radius 3 is 2.57 bits per heavy atom. The van der Waals surface area contributed by atoms with E-state index in [1.165, 1.54) is 12.8 Å². The van der Waals surface area contributed by atoms with Gasteiger partial charge in [-0.3, -0.25) is 4.68 Å². The van der Waals surface area contributed by atoms with Crippen LogP contribution in [0.1, 0.15) is 58.6 Å². The van der Waals surface area contributed by atoms with E-state index in [9.17, 15) is 0 Å². The molecule has 0 bridgehead atoms. The van der Waals surface area contributed by atoms with E-state index < -0.39 is 0 Å². The highest BCUT2D eigenvalue weighted by Gasteiger charge is 2.34. The van der Waals surface area contributed by atoms with Crippen LogP contribution in [0.2, 0.25) is 0 Å². The molecule has 1 saturated carbocycles. The van der Waals surface area contributed by atoms with Crippen molar-refractivity contribution in [1.82, 2.24) is 9.78 Å². The Morgan fingerprint density at radius 1 is 1.33 bits per heavy atom. The third kappa shape index (κ3) is 4.07. The maximum absolute atomic E-state index is 6.52. The van der Waals surface area contributed by atoms with Crippen molar-refractivity contribution in [3.8, 4) is 0 Å². The van der Waals surface area contributed by atoms with Gasteiger partial charge in [0.15, 0.2) is 0 Å². The summed E-state index contributed by atoms with van der Waals surface area (Å²) in [6.45, 7) is 8.97. The quantitative estimate of drug-likeness (QED) is 0.906. The first kappa shape index (κ1) is 16.5. The van der Waals surface area contributed by atoms with Crippen molar-refractivity contribution >= 4 is 0 Å². The molecule has 1 aliphatic rings. The lowest BCUT2D eigenvalue weighted by atomic mass is 9.75. The van der Waals surface area contributed by atoms with E-state index in [4.69, 9.17) is 10.5 Å². The van der Waals surface area contributed by atoms with Crippen LogP contribution in [0.15, 0.2) is 12.4 Å². The molecule has 1 fully saturated rings. The summed E-state index contributed by atoms with van der Waals surface area (Å²) in [6.07, 6.45) is 7.88. The monoisotopic (exact) mass is 293 g/mol. The zero-order valence-electron chi connectivity index (χ0n) is 14.1. The molecule has 1 aromatic rings. The predicted octanol–water partition coefficient (Wildman–Crippen LogP) is 3.29. The molecule has 0 amide bonds. The minimum atomic E-state index is -0.0600. The number of aromatic nitrogens is 2. The van der Waals surface area contributed by atoms with Gasteiger partial charge in [-0.2, -0.15) is 5.10 Å². The highest BCUT2D eigenvalue weighted by Crippen LogP contribution is 2.38. The summed E-state index contributed by atoms with van der Waals surface area (Å²) < 4.78 is 8.34. The molecule has 5 unspecified atom stereocenters. The Morgan fingerprint density at radius 2 is 2.05 bits per heavy atom. The molecule has 1 aliphatic carbocycles. The molecule has 0 radical (unpaired) electrons. The molecule has 2 N–H and O–H groups in total. The molecular formula is C17H31N3O. The zero-order chi connectivity index (χ0) is 15.6. The van der Waals surface area contributed by atoms with Gasteiger partial charge in [-0.15, -0.1) is 0 Å². The minimum Gasteiger partial charge on any atom is -0.368 e. The Hall–Kier alpha value is -0.870. The third-order valence-electron chi connectivity index (χ3n) is 4.81. The summed E-state index contributed by atoms with van der Waals surface area (Å²) in [7, 11) is 1.93. The van der Waals surface area contributed by atoms with E-state index in [-0.39, 0.29) is 12.1 Å². The smallest absolute Gasteiger partial charge is 0.101 e. The maximum Gasteiger partial charge on any atom is 0.101 e. The molecule has 2 rings (SSSR count). The van der Waals surface area contributed by atoms with Crippen LogP contribution >= 0.6 is 0 Å². The second kappa shape index (κ2) is 6.93. The summed E-state index contributed by atoms with van der Waals surface area (Å²) in [5, 5.41) is 4.26. The van der Waals surface area contributed by atoms with Gasteiger partial charge in [-0.25, -0.2) is 0 Å². The van der Waals surface area contributed by atoms with Crippen molar-refractivity contribution < 1.29 is 4.74 Å². The van der Waals surface area contributed by atoms with Crippen LogP contribution < -0.4 is 5.73 Å².